The summed E-state index contributed by atoms with van der Waals surface area (Å²) in [7, 11) is 0. The minimum absolute atomic E-state index is 0.0120. The Bertz CT molecular complexity index is 1270. The molecule has 2 aromatic rings. The van der Waals surface area contributed by atoms with Gasteiger partial charge in [-0.05, 0) is 24.7 Å². The van der Waals surface area contributed by atoms with Gasteiger partial charge in [-0.15, -0.1) is 0 Å². The van der Waals surface area contributed by atoms with Crippen molar-refractivity contribution in [1.29, 1.82) is 0 Å². The van der Waals surface area contributed by atoms with E-state index in [9.17, 15) is 32.7 Å². The summed E-state index contributed by atoms with van der Waals surface area (Å²) in [6.07, 6.45) is 2.38. The number of carbonyl (C=O) groups is 2. The van der Waals surface area contributed by atoms with Crippen molar-refractivity contribution >= 4 is 11.8 Å². The molecule has 4 aliphatic rings. The van der Waals surface area contributed by atoms with E-state index in [4.69, 9.17) is 4.74 Å². The maximum Gasteiger partial charge on any atom is 0.276 e. The highest BCUT2D eigenvalue weighted by molar-refractivity contribution is 5.99. The number of rotatable bonds is 3. The molecular weight excluding hydrogens is 443 g/mol. The van der Waals surface area contributed by atoms with Crippen LogP contribution < -0.4 is 10.7 Å². The van der Waals surface area contributed by atoms with Gasteiger partial charge in [0.1, 0.15) is 23.0 Å². The Morgan fingerprint density at radius 2 is 1.88 bits per heavy atom. The minimum Gasteiger partial charge on any atom is -0.503 e. The van der Waals surface area contributed by atoms with Crippen LogP contribution in [0, 0.1) is 29.3 Å². The summed E-state index contributed by atoms with van der Waals surface area (Å²) >= 11 is 0. The lowest BCUT2D eigenvalue weighted by Gasteiger charge is -2.45. The maximum absolute atomic E-state index is 13.8. The Kier molecular flexibility index (Phi) is 4.20. The third kappa shape index (κ3) is 2.91. The fraction of sp³-hybridized carbons (Fsp3) is 0.409. The number of aromatic nitrogens is 1. The Morgan fingerprint density at radius 1 is 1.15 bits per heavy atom. The molecule has 2 N–H and O–H groups in total. The fourth-order valence-corrected chi connectivity index (χ4v) is 5.54. The van der Waals surface area contributed by atoms with Crippen LogP contribution in [0.15, 0.2) is 23.1 Å². The van der Waals surface area contributed by atoms with E-state index in [0.29, 0.717) is 24.0 Å². The molecule has 8 nitrogen and oxygen atoms in total. The molecule has 1 saturated heterocycles. The van der Waals surface area contributed by atoms with E-state index in [1.165, 1.54) is 4.57 Å². The number of halogens is 3. The summed E-state index contributed by atoms with van der Waals surface area (Å²) in [5.41, 5.74) is -2.36. The van der Waals surface area contributed by atoms with Gasteiger partial charge >= 0.3 is 0 Å². The predicted molar refractivity (Wildman–Crippen MR) is 105 cm³/mol. The molecule has 6 rings (SSSR count). The fourth-order valence-electron chi connectivity index (χ4n) is 5.54. The van der Waals surface area contributed by atoms with Crippen molar-refractivity contribution < 1.29 is 32.6 Å². The summed E-state index contributed by atoms with van der Waals surface area (Å²) in [6, 6.07) is 0.962. The molecule has 2 aliphatic heterocycles. The zero-order valence-electron chi connectivity index (χ0n) is 17.1. The van der Waals surface area contributed by atoms with Crippen molar-refractivity contribution in [2.24, 2.45) is 11.8 Å². The summed E-state index contributed by atoms with van der Waals surface area (Å²) in [6.45, 7) is -0.522. The summed E-state index contributed by atoms with van der Waals surface area (Å²) in [5.74, 6) is -5.07. The first-order valence-electron chi connectivity index (χ1n) is 10.6. The van der Waals surface area contributed by atoms with E-state index < -0.39 is 64.3 Å². The van der Waals surface area contributed by atoms with E-state index in [-0.39, 0.29) is 24.4 Å². The van der Waals surface area contributed by atoms with Crippen LogP contribution in [0.5, 0.6) is 5.75 Å². The summed E-state index contributed by atoms with van der Waals surface area (Å²) < 4.78 is 48.1. The second-order valence-electron chi connectivity index (χ2n) is 8.96. The molecule has 2 amide bonds. The van der Waals surface area contributed by atoms with Gasteiger partial charge in [-0.1, -0.05) is 0 Å². The number of carbonyl (C=O) groups excluding carboxylic acids is 2. The number of ether oxygens (including phenoxy) is 1. The van der Waals surface area contributed by atoms with Gasteiger partial charge in [0.25, 0.3) is 11.8 Å². The van der Waals surface area contributed by atoms with Crippen LogP contribution in [0.3, 0.4) is 0 Å². The van der Waals surface area contributed by atoms with E-state index in [0.717, 1.165) is 19.0 Å². The number of aromatic hydroxyl groups is 1. The number of hydrogen-bond donors (Lipinski definition) is 2. The van der Waals surface area contributed by atoms with Crippen LogP contribution in [-0.2, 0) is 17.8 Å². The third-order valence-electron chi connectivity index (χ3n) is 7.16. The topological polar surface area (TPSA) is 101 Å². The average molecular weight is 461 g/mol. The largest absolute Gasteiger partial charge is 0.503 e. The van der Waals surface area contributed by atoms with Gasteiger partial charge in [-0.3, -0.25) is 14.4 Å². The second-order valence-corrected chi connectivity index (χ2v) is 8.96. The van der Waals surface area contributed by atoms with Gasteiger partial charge in [0.2, 0.25) is 5.43 Å². The highest BCUT2D eigenvalue weighted by Gasteiger charge is 2.63. The Hall–Kier alpha value is -3.34. The van der Waals surface area contributed by atoms with Crippen molar-refractivity contribution in [3.05, 3.63) is 62.8 Å². The Morgan fingerprint density at radius 3 is 2.61 bits per heavy atom. The number of hydrogen-bond acceptors (Lipinski definition) is 5. The van der Waals surface area contributed by atoms with Gasteiger partial charge < -0.3 is 24.6 Å². The van der Waals surface area contributed by atoms with Gasteiger partial charge in [0.15, 0.2) is 17.7 Å². The number of pyridine rings is 1. The number of nitrogens with one attached hydrogen (secondary N) is 1. The zero-order valence-corrected chi connectivity index (χ0v) is 17.1. The lowest BCUT2D eigenvalue weighted by molar-refractivity contribution is -0.144. The first-order chi connectivity index (χ1) is 15.7. The van der Waals surface area contributed by atoms with Crippen LogP contribution in [0.4, 0.5) is 13.2 Å². The first kappa shape index (κ1) is 20.3. The highest BCUT2D eigenvalue weighted by Crippen LogP contribution is 2.58. The molecule has 11 heteroatoms. The number of amides is 2. The molecule has 1 aromatic heterocycles. The van der Waals surface area contributed by atoms with Crippen molar-refractivity contribution in [3.63, 3.8) is 0 Å². The van der Waals surface area contributed by atoms with Crippen LogP contribution in [0.2, 0.25) is 0 Å². The molecule has 2 bridgehead atoms. The highest BCUT2D eigenvalue weighted by atomic mass is 19.1. The smallest absolute Gasteiger partial charge is 0.276 e. The standard InChI is InChI=1S/C22H18F3N3O5/c23-8-1-13(24)11(14(25)2-8)5-26-21(31)12-6-27-7-17-28(22(32)18(27)20(30)19(12)29)15-4-16(33-17)10-3-9(10)15/h1-2,6,9-10,15-17,30H,3-5,7H2,(H,26,31)/t9-,10+,15-,16+,17-/m1/s1. The monoisotopic (exact) mass is 461 g/mol. The van der Waals surface area contributed by atoms with Crippen molar-refractivity contribution in [3.8, 4) is 5.75 Å². The normalized spacial score (nSPS) is 28.8. The molecular formula is C22H18F3N3O5. The lowest BCUT2D eigenvalue weighted by Crippen LogP contribution is -2.58. The molecule has 1 aromatic carbocycles. The van der Waals surface area contributed by atoms with Gasteiger partial charge in [0, 0.05) is 36.5 Å². The second kappa shape index (κ2) is 6.83. The average Bonchev–Trinajstić information content (AvgIpc) is 3.50. The van der Waals surface area contributed by atoms with Crippen LogP contribution in [-0.4, -0.2) is 44.8 Å². The van der Waals surface area contributed by atoms with E-state index in [2.05, 4.69) is 5.32 Å². The zero-order chi connectivity index (χ0) is 23.2. The van der Waals surface area contributed by atoms with Crippen molar-refractivity contribution in [1.82, 2.24) is 14.8 Å². The van der Waals surface area contributed by atoms with Gasteiger partial charge in [0.05, 0.1) is 12.6 Å². The summed E-state index contributed by atoms with van der Waals surface area (Å²) in [5, 5.41) is 12.7. The Labute approximate surface area is 184 Å². The third-order valence-corrected chi connectivity index (χ3v) is 7.16. The van der Waals surface area contributed by atoms with E-state index in [1.807, 2.05) is 0 Å². The van der Waals surface area contributed by atoms with Gasteiger partial charge in [-0.2, -0.15) is 0 Å². The van der Waals surface area contributed by atoms with E-state index >= 15 is 0 Å². The number of nitrogens with zero attached hydrogens (tertiary/aromatic N) is 2. The summed E-state index contributed by atoms with van der Waals surface area (Å²) in [4.78, 5) is 40.1. The predicted octanol–water partition coefficient (Wildman–Crippen LogP) is 1.49. The molecule has 33 heavy (non-hydrogen) atoms. The number of fused-ring (bicyclic) bond motifs is 8. The van der Waals surface area contributed by atoms with E-state index in [1.54, 1.807) is 4.90 Å². The van der Waals surface area contributed by atoms with Crippen LogP contribution >= 0.6 is 0 Å². The lowest BCUT2D eigenvalue weighted by atomic mass is 10.0. The number of benzene rings is 1. The minimum atomic E-state index is -1.19. The van der Waals surface area contributed by atoms with Crippen molar-refractivity contribution in [2.45, 2.75) is 44.3 Å². The molecule has 0 unspecified atom stereocenters. The molecule has 2 saturated carbocycles. The molecule has 172 valence electrons. The first-order valence-corrected chi connectivity index (χ1v) is 10.6. The van der Waals surface area contributed by atoms with Crippen molar-refractivity contribution in [2.75, 3.05) is 0 Å². The van der Waals surface area contributed by atoms with Crippen LogP contribution in [0.1, 0.15) is 39.3 Å². The quantitative estimate of drug-likeness (QED) is 0.722. The molecule has 3 fully saturated rings. The molecule has 0 spiro atoms. The van der Waals surface area contributed by atoms with Gasteiger partial charge in [-0.25, -0.2) is 13.2 Å². The van der Waals surface area contributed by atoms with Crippen LogP contribution in [0.25, 0.3) is 0 Å². The molecule has 0 radical (unpaired) electrons. The molecule has 5 atom stereocenters. The Balaban J connectivity index is 1.30. The molecule has 2 aliphatic carbocycles. The SMILES string of the molecule is O=C(NCc1c(F)cc(F)cc1F)c1cn2c(c(O)c1=O)C(=O)N1[C@@H]3C[C@H](O[C@@H]1C2)[C@H]1C[C@H]13. The molecule has 3 heterocycles. The maximum atomic E-state index is 13.8.